The number of amides is 1. The van der Waals surface area contributed by atoms with Crippen molar-refractivity contribution in [3.63, 3.8) is 0 Å². The van der Waals surface area contributed by atoms with Crippen molar-refractivity contribution in [2.24, 2.45) is 0 Å². The average Bonchev–Trinajstić information content (AvgIpc) is 2.57. The average molecular weight is 371 g/mol. The van der Waals surface area contributed by atoms with Crippen LogP contribution in [-0.4, -0.2) is 31.0 Å². The monoisotopic (exact) mass is 371 g/mol. The lowest BCUT2D eigenvalue weighted by Gasteiger charge is -2.19. The highest BCUT2D eigenvalue weighted by Gasteiger charge is 2.27. The third kappa shape index (κ3) is 8.27. The second-order valence-electron chi connectivity index (χ2n) is 6.19. The van der Waals surface area contributed by atoms with E-state index in [0.717, 1.165) is 6.42 Å². The number of rotatable bonds is 11. The third-order valence-electron chi connectivity index (χ3n) is 3.40. The summed E-state index contributed by atoms with van der Waals surface area (Å²) in [5.74, 6) is -0.482. The molecule has 146 valence electrons. The van der Waals surface area contributed by atoms with E-state index in [2.05, 4.69) is 5.32 Å². The van der Waals surface area contributed by atoms with Gasteiger partial charge in [-0.05, 0) is 38.8 Å². The topological polar surface area (TPSA) is 64.6 Å². The van der Waals surface area contributed by atoms with Gasteiger partial charge in [0, 0.05) is 24.9 Å². The van der Waals surface area contributed by atoms with Crippen molar-refractivity contribution < 1.29 is 27.8 Å². The maximum atomic E-state index is 13.3. The van der Waals surface area contributed by atoms with Crippen molar-refractivity contribution in [2.45, 2.75) is 65.1 Å². The fraction of sp³-hybridized carbons (Fsp3) is 0.579. The Hall–Kier alpha value is -2.18. The van der Waals surface area contributed by atoms with Crippen LogP contribution in [-0.2, 0) is 14.3 Å². The van der Waals surface area contributed by atoms with E-state index >= 15 is 0 Å². The summed E-state index contributed by atoms with van der Waals surface area (Å²) in [4.78, 5) is 23.3. The van der Waals surface area contributed by atoms with Crippen molar-refractivity contribution in [2.75, 3.05) is 6.54 Å². The lowest BCUT2D eigenvalue weighted by Crippen LogP contribution is -2.24. The molecule has 0 saturated heterocycles. The molecule has 0 unspecified atom stereocenters. The van der Waals surface area contributed by atoms with Crippen LogP contribution in [0.2, 0.25) is 0 Å². The fourth-order valence-electron chi connectivity index (χ4n) is 2.25. The molecule has 0 bridgehead atoms. The fourth-order valence-corrected chi connectivity index (χ4v) is 2.25. The van der Waals surface area contributed by atoms with Gasteiger partial charge in [-0.25, -0.2) is 8.78 Å². The normalized spacial score (nSPS) is 12.1. The Balaban J connectivity index is 2.60. The van der Waals surface area contributed by atoms with Crippen LogP contribution in [0.15, 0.2) is 24.3 Å². The number of halogens is 2. The van der Waals surface area contributed by atoms with Crippen LogP contribution in [0.3, 0.4) is 0 Å². The smallest absolute Gasteiger partial charge is 0.306 e. The summed E-state index contributed by atoms with van der Waals surface area (Å²) in [6.07, 6.45) is -3.48. The summed E-state index contributed by atoms with van der Waals surface area (Å²) in [7, 11) is 0. The van der Waals surface area contributed by atoms with E-state index in [0.29, 0.717) is 12.3 Å². The Morgan fingerprint density at radius 3 is 2.54 bits per heavy atom. The minimum absolute atomic E-state index is 0.0923. The second kappa shape index (κ2) is 11.4. The van der Waals surface area contributed by atoms with E-state index in [4.69, 9.17) is 9.47 Å². The van der Waals surface area contributed by atoms with Crippen molar-refractivity contribution in [3.05, 3.63) is 29.8 Å². The number of nitrogens with one attached hydrogen (secondary N) is 1. The van der Waals surface area contributed by atoms with Gasteiger partial charge in [0.25, 0.3) is 6.43 Å². The molecule has 0 radical (unpaired) electrons. The van der Waals surface area contributed by atoms with Crippen LogP contribution in [0.1, 0.15) is 58.1 Å². The highest BCUT2D eigenvalue weighted by Crippen LogP contribution is 2.28. The summed E-state index contributed by atoms with van der Waals surface area (Å²) in [5, 5.41) is 2.69. The molecule has 26 heavy (non-hydrogen) atoms. The Morgan fingerprint density at radius 1 is 1.19 bits per heavy atom. The van der Waals surface area contributed by atoms with Crippen LogP contribution in [0.5, 0.6) is 5.75 Å². The van der Waals surface area contributed by atoms with Gasteiger partial charge in [0.2, 0.25) is 5.91 Å². The zero-order valence-corrected chi connectivity index (χ0v) is 15.5. The van der Waals surface area contributed by atoms with Crippen molar-refractivity contribution >= 4 is 11.9 Å². The van der Waals surface area contributed by atoms with Gasteiger partial charge in [0.15, 0.2) is 6.10 Å². The standard InChI is InChI=1S/C19H27F2NO4/c1-4-11-22-16(23)9-6-10-17(24)26-18(19(20)21)14-7-5-8-15(12-14)25-13(2)3/h5,7-8,12-13,18-19H,4,6,9-11H2,1-3H3,(H,22,23)/t18-/m0/s1. The van der Waals surface area contributed by atoms with E-state index in [1.54, 1.807) is 12.1 Å². The Kier molecular flexibility index (Phi) is 9.62. The SMILES string of the molecule is CCCNC(=O)CCCC(=O)O[C@@H](c1cccc(OC(C)C)c1)C(F)F. The number of hydrogen-bond acceptors (Lipinski definition) is 4. The molecule has 0 aromatic heterocycles. The predicted octanol–water partition coefficient (Wildman–Crippen LogP) is 4.02. The first-order valence-corrected chi connectivity index (χ1v) is 8.84. The van der Waals surface area contributed by atoms with Gasteiger partial charge in [-0.15, -0.1) is 0 Å². The van der Waals surface area contributed by atoms with E-state index in [1.807, 2.05) is 20.8 Å². The summed E-state index contributed by atoms with van der Waals surface area (Å²) in [6, 6.07) is 6.15. The zero-order valence-electron chi connectivity index (χ0n) is 15.5. The highest BCUT2D eigenvalue weighted by molar-refractivity contribution is 5.77. The van der Waals surface area contributed by atoms with Gasteiger partial charge >= 0.3 is 5.97 Å². The van der Waals surface area contributed by atoms with Crippen LogP contribution in [0.25, 0.3) is 0 Å². The molecule has 1 amide bonds. The lowest BCUT2D eigenvalue weighted by molar-refractivity contribution is -0.158. The van der Waals surface area contributed by atoms with Gasteiger partial charge in [-0.2, -0.15) is 0 Å². The number of carbonyl (C=O) groups is 2. The molecule has 0 heterocycles. The minimum atomic E-state index is -2.86. The van der Waals surface area contributed by atoms with Crippen LogP contribution in [0, 0.1) is 0 Å². The molecule has 7 heteroatoms. The van der Waals surface area contributed by atoms with E-state index in [1.165, 1.54) is 12.1 Å². The highest BCUT2D eigenvalue weighted by atomic mass is 19.3. The Morgan fingerprint density at radius 2 is 1.92 bits per heavy atom. The zero-order chi connectivity index (χ0) is 19.5. The largest absolute Gasteiger partial charge is 0.491 e. The molecule has 0 spiro atoms. The maximum absolute atomic E-state index is 13.3. The van der Waals surface area contributed by atoms with Gasteiger partial charge < -0.3 is 14.8 Å². The molecule has 0 aliphatic carbocycles. The molecule has 1 aromatic rings. The summed E-state index contributed by atoms with van der Waals surface area (Å²) >= 11 is 0. The second-order valence-corrected chi connectivity index (χ2v) is 6.19. The molecular formula is C19H27F2NO4. The summed E-state index contributed by atoms with van der Waals surface area (Å²) in [6.45, 7) is 6.16. The summed E-state index contributed by atoms with van der Waals surface area (Å²) < 4.78 is 37.1. The third-order valence-corrected chi connectivity index (χ3v) is 3.40. The molecule has 1 N–H and O–H groups in total. The predicted molar refractivity (Wildman–Crippen MR) is 94.2 cm³/mol. The van der Waals surface area contributed by atoms with Gasteiger partial charge in [-0.1, -0.05) is 19.1 Å². The number of hydrogen-bond donors (Lipinski definition) is 1. The molecule has 5 nitrogen and oxygen atoms in total. The van der Waals surface area contributed by atoms with Crippen LogP contribution >= 0.6 is 0 Å². The van der Waals surface area contributed by atoms with Crippen LogP contribution < -0.4 is 10.1 Å². The number of benzene rings is 1. The van der Waals surface area contributed by atoms with Gasteiger partial charge in [-0.3, -0.25) is 9.59 Å². The number of alkyl halides is 2. The van der Waals surface area contributed by atoms with Gasteiger partial charge in [0.1, 0.15) is 5.75 Å². The van der Waals surface area contributed by atoms with E-state index < -0.39 is 18.5 Å². The molecule has 1 atom stereocenters. The number of esters is 1. The van der Waals surface area contributed by atoms with Crippen molar-refractivity contribution in [3.8, 4) is 5.75 Å². The van der Waals surface area contributed by atoms with Crippen molar-refractivity contribution in [1.29, 1.82) is 0 Å². The molecule has 1 rings (SSSR count). The van der Waals surface area contributed by atoms with Crippen LogP contribution in [0.4, 0.5) is 8.78 Å². The first-order valence-electron chi connectivity index (χ1n) is 8.84. The van der Waals surface area contributed by atoms with Gasteiger partial charge in [0.05, 0.1) is 6.10 Å². The van der Waals surface area contributed by atoms with Crippen molar-refractivity contribution in [1.82, 2.24) is 5.32 Å². The molecule has 0 saturated carbocycles. The minimum Gasteiger partial charge on any atom is -0.491 e. The lowest BCUT2D eigenvalue weighted by atomic mass is 10.1. The first-order chi connectivity index (χ1) is 12.3. The quantitative estimate of drug-likeness (QED) is 0.597. The molecular weight excluding hydrogens is 344 g/mol. The first kappa shape index (κ1) is 21.9. The van der Waals surface area contributed by atoms with E-state index in [-0.39, 0.29) is 36.8 Å². The summed E-state index contributed by atoms with van der Waals surface area (Å²) in [5.41, 5.74) is 0.173. The maximum Gasteiger partial charge on any atom is 0.306 e. The molecule has 0 fully saturated rings. The molecule has 0 aliphatic heterocycles. The Labute approximate surface area is 153 Å². The number of ether oxygens (including phenoxy) is 2. The molecule has 0 aliphatic rings. The molecule has 1 aromatic carbocycles. The Bertz CT molecular complexity index is 578. The number of carbonyl (C=O) groups excluding carboxylic acids is 2. The van der Waals surface area contributed by atoms with E-state index in [9.17, 15) is 18.4 Å².